The van der Waals surface area contributed by atoms with E-state index in [1.54, 1.807) is 4.90 Å². The molecule has 1 aromatic heterocycles. The van der Waals surface area contributed by atoms with Crippen molar-refractivity contribution in [3.63, 3.8) is 0 Å². The number of alkyl halides is 1. The fourth-order valence-electron chi connectivity index (χ4n) is 2.46. The first-order valence-electron chi connectivity index (χ1n) is 6.20. The van der Waals surface area contributed by atoms with Gasteiger partial charge in [-0.25, -0.2) is 4.39 Å². The number of carbonyl (C=O) groups excluding carboxylic acids is 1. The number of halogens is 2. The zero-order valence-corrected chi connectivity index (χ0v) is 10.9. The molecular weight excluding hydrogens is 255 g/mol. The number of nitrogens with zero attached hydrogens (tertiary/aromatic N) is 2. The lowest BCUT2D eigenvalue weighted by molar-refractivity contribution is 0.0690. The van der Waals surface area contributed by atoms with Crippen LogP contribution in [0.4, 0.5) is 4.39 Å². The second kappa shape index (κ2) is 6.14. The Kier molecular flexibility index (Phi) is 4.53. The summed E-state index contributed by atoms with van der Waals surface area (Å²) in [4.78, 5) is 17.7. The highest BCUT2D eigenvalue weighted by Crippen LogP contribution is 2.25. The van der Waals surface area contributed by atoms with Gasteiger partial charge in [0.2, 0.25) is 0 Å². The van der Waals surface area contributed by atoms with E-state index in [2.05, 4.69) is 4.98 Å². The molecule has 0 bridgehead atoms. The Balaban J connectivity index is 2.20. The molecule has 1 aliphatic carbocycles. The maximum atomic E-state index is 13.6. The van der Waals surface area contributed by atoms with Gasteiger partial charge in [-0.3, -0.25) is 9.78 Å². The Bertz CT molecular complexity index is 421. The summed E-state index contributed by atoms with van der Waals surface area (Å²) >= 11 is 5.75. The third-order valence-electron chi connectivity index (χ3n) is 3.35. The summed E-state index contributed by atoms with van der Waals surface area (Å²) < 4.78 is 13.6. The minimum atomic E-state index is -0.569. The molecule has 98 valence electrons. The van der Waals surface area contributed by atoms with Gasteiger partial charge in [0.05, 0.1) is 11.8 Å². The van der Waals surface area contributed by atoms with Crippen LogP contribution in [0.2, 0.25) is 0 Å². The zero-order valence-electron chi connectivity index (χ0n) is 10.1. The second-order valence-electron chi connectivity index (χ2n) is 4.48. The van der Waals surface area contributed by atoms with Crippen LogP contribution in [-0.4, -0.2) is 34.3 Å². The highest BCUT2D eigenvalue weighted by molar-refractivity contribution is 6.18. The first-order valence-corrected chi connectivity index (χ1v) is 6.74. The lowest BCUT2D eigenvalue weighted by atomic mass is 10.1. The van der Waals surface area contributed by atoms with Crippen molar-refractivity contribution in [3.8, 4) is 0 Å². The smallest absolute Gasteiger partial charge is 0.257 e. The predicted molar refractivity (Wildman–Crippen MR) is 68.2 cm³/mol. The average molecular weight is 271 g/mol. The third-order valence-corrected chi connectivity index (χ3v) is 3.52. The monoisotopic (exact) mass is 270 g/mol. The molecule has 5 heteroatoms. The van der Waals surface area contributed by atoms with Gasteiger partial charge in [0.1, 0.15) is 0 Å². The van der Waals surface area contributed by atoms with E-state index in [0.717, 1.165) is 31.9 Å². The van der Waals surface area contributed by atoms with Crippen molar-refractivity contribution in [1.29, 1.82) is 0 Å². The molecule has 1 aliphatic rings. The van der Waals surface area contributed by atoms with Gasteiger partial charge in [-0.1, -0.05) is 12.8 Å². The van der Waals surface area contributed by atoms with Crippen molar-refractivity contribution in [2.24, 2.45) is 0 Å². The molecule has 1 fully saturated rings. The average Bonchev–Trinajstić information content (AvgIpc) is 2.89. The summed E-state index contributed by atoms with van der Waals surface area (Å²) in [6, 6.07) is 1.62. The zero-order chi connectivity index (χ0) is 13.0. The maximum absolute atomic E-state index is 13.6. The van der Waals surface area contributed by atoms with E-state index >= 15 is 0 Å². The first-order chi connectivity index (χ1) is 8.74. The molecule has 0 spiro atoms. The van der Waals surface area contributed by atoms with E-state index in [-0.39, 0.29) is 17.5 Å². The Hall–Kier alpha value is -1.16. The van der Waals surface area contributed by atoms with E-state index < -0.39 is 5.82 Å². The van der Waals surface area contributed by atoms with Crippen LogP contribution in [0.15, 0.2) is 18.5 Å². The molecule has 0 unspecified atom stereocenters. The normalized spacial score (nSPS) is 15.9. The summed E-state index contributed by atoms with van der Waals surface area (Å²) in [5.41, 5.74) is 0.0852. The third kappa shape index (κ3) is 2.80. The van der Waals surface area contributed by atoms with Gasteiger partial charge in [0.15, 0.2) is 5.82 Å². The molecule has 1 heterocycles. The van der Waals surface area contributed by atoms with Gasteiger partial charge >= 0.3 is 0 Å². The van der Waals surface area contributed by atoms with Crippen LogP contribution in [0.25, 0.3) is 0 Å². The van der Waals surface area contributed by atoms with Crippen LogP contribution in [0.1, 0.15) is 36.0 Å². The summed E-state index contributed by atoms with van der Waals surface area (Å²) in [5.74, 6) is -0.475. The number of amides is 1. The van der Waals surface area contributed by atoms with Crippen molar-refractivity contribution in [1.82, 2.24) is 9.88 Å². The molecule has 18 heavy (non-hydrogen) atoms. The molecule has 0 atom stereocenters. The van der Waals surface area contributed by atoms with E-state index in [1.165, 1.54) is 12.3 Å². The Labute approximate surface area is 111 Å². The molecule has 1 amide bonds. The topological polar surface area (TPSA) is 33.2 Å². The summed E-state index contributed by atoms with van der Waals surface area (Å²) in [5, 5.41) is 0. The van der Waals surface area contributed by atoms with E-state index in [0.29, 0.717) is 12.4 Å². The lowest BCUT2D eigenvalue weighted by Gasteiger charge is -2.28. The number of hydrogen-bond acceptors (Lipinski definition) is 2. The van der Waals surface area contributed by atoms with Crippen molar-refractivity contribution >= 4 is 17.5 Å². The van der Waals surface area contributed by atoms with Crippen LogP contribution in [0.3, 0.4) is 0 Å². The first kappa shape index (κ1) is 13.3. The van der Waals surface area contributed by atoms with Gasteiger partial charge in [-0.15, -0.1) is 11.6 Å². The van der Waals surface area contributed by atoms with Crippen LogP contribution >= 0.6 is 11.6 Å². The summed E-state index contributed by atoms with van der Waals surface area (Å²) in [7, 11) is 0. The van der Waals surface area contributed by atoms with Crippen molar-refractivity contribution in [2.45, 2.75) is 31.7 Å². The molecule has 0 aliphatic heterocycles. The fraction of sp³-hybridized carbons (Fsp3) is 0.538. The number of pyridine rings is 1. The largest absolute Gasteiger partial charge is 0.334 e. The van der Waals surface area contributed by atoms with Crippen molar-refractivity contribution in [3.05, 3.63) is 29.8 Å². The molecular formula is C13H16ClFN2O. The minimum absolute atomic E-state index is 0.0852. The van der Waals surface area contributed by atoms with Crippen LogP contribution in [0, 0.1) is 5.82 Å². The minimum Gasteiger partial charge on any atom is -0.334 e. The fourth-order valence-corrected chi connectivity index (χ4v) is 2.64. The number of aromatic nitrogens is 1. The molecule has 0 saturated heterocycles. The van der Waals surface area contributed by atoms with Gasteiger partial charge in [-0.05, 0) is 18.9 Å². The SMILES string of the molecule is O=C(c1ccncc1F)N(CCCl)C1CCCC1. The van der Waals surface area contributed by atoms with Gasteiger partial charge < -0.3 is 4.90 Å². The number of rotatable bonds is 4. The number of carbonyl (C=O) groups is 1. The van der Waals surface area contributed by atoms with Crippen molar-refractivity contribution < 1.29 is 9.18 Å². The summed E-state index contributed by atoms with van der Waals surface area (Å²) in [6.45, 7) is 0.465. The standard InChI is InChI=1S/C13H16ClFN2O/c14-6-8-17(10-3-1-2-4-10)13(18)11-5-7-16-9-12(11)15/h5,7,9-10H,1-4,6,8H2. The van der Waals surface area contributed by atoms with Gasteiger partial charge in [0.25, 0.3) is 5.91 Å². The molecule has 1 saturated carbocycles. The maximum Gasteiger partial charge on any atom is 0.257 e. The predicted octanol–water partition coefficient (Wildman–Crippen LogP) is 2.84. The summed E-state index contributed by atoms with van der Waals surface area (Å²) in [6.07, 6.45) is 6.71. The van der Waals surface area contributed by atoms with Crippen molar-refractivity contribution in [2.75, 3.05) is 12.4 Å². The van der Waals surface area contributed by atoms with Crippen LogP contribution in [0.5, 0.6) is 0 Å². The Morgan fingerprint density at radius 3 is 2.83 bits per heavy atom. The molecule has 0 radical (unpaired) electrons. The quantitative estimate of drug-likeness (QED) is 0.788. The Morgan fingerprint density at radius 2 is 2.22 bits per heavy atom. The molecule has 2 rings (SSSR count). The van der Waals surface area contributed by atoms with E-state index in [9.17, 15) is 9.18 Å². The van der Waals surface area contributed by atoms with Crippen LogP contribution in [-0.2, 0) is 0 Å². The van der Waals surface area contributed by atoms with Gasteiger partial charge in [0, 0.05) is 24.7 Å². The lowest BCUT2D eigenvalue weighted by Crippen LogP contribution is -2.40. The molecule has 0 aromatic carbocycles. The van der Waals surface area contributed by atoms with Crippen LogP contribution < -0.4 is 0 Å². The highest BCUT2D eigenvalue weighted by atomic mass is 35.5. The van der Waals surface area contributed by atoms with E-state index in [4.69, 9.17) is 11.6 Å². The second-order valence-corrected chi connectivity index (χ2v) is 4.86. The molecule has 1 aromatic rings. The molecule has 3 nitrogen and oxygen atoms in total. The van der Waals surface area contributed by atoms with E-state index in [1.807, 2.05) is 0 Å². The highest BCUT2D eigenvalue weighted by Gasteiger charge is 2.28. The number of hydrogen-bond donors (Lipinski definition) is 0. The Morgan fingerprint density at radius 1 is 1.50 bits per heavy atom. The molecule has 0 N–H and O–H groups in total. The van der Waals surface area contributed by atoms with Gasteiger partial charge in [-0.2, -0.15) is 0 Å².